The molecule has 0 amide bonds. The van der Waals surface area contributed by atoms with E-state index in [0.29, 0.717) is 11.5 Å². The molecule has 0 bridgehead atoms. The van der Waals surface area contributed by atoms with Gasteiger partial charge in [0.25, 0.3) is 0 Å². The van der Waals surface area contributed by atoms with Crippen molar-refractivity contribution >= 4 is 11.7 Å². The fourth-order valence-electron chi connectivity index (χ4n) is 2.08. The van der Waals surface area contributed by atoms with Gasteiger partial charge in [0.1, 0.15) is 6.04 Å². The number of aliphatic imine (C=N–C) groups is 1. The lowest BCUT2D eigenvalue weighted by atomic mass is 9.85. The van der Waals surface area contributed by atoms with Crippen molar-refractivity contribution in [2.24, 2.45) is 4.99 Å². The zero-order valence-electron chi connectivity index (χ0n) is 11.5. The van der Waals surface area contributed by atoms with Gasteiger partial charge < -0.3 is 30.5 Å². The van der Waals surface area contributed by atoms with Crippen LogP contribution in [0.4, 0.5) is 0 Å². The van der Waals surface area contributed by atoms with Gasteiger partial charge in [-0.25, -0.2) is 4.79 Å². The number of carbonyl (C=O) groups is 1. The molecule has 1 unspecified atom stereocenters. The fraction of sp³-hybridized carbons (Fsp3) is 0.667. The molecule has 8 heteroatoms. The van der Waals surface area contributed by atoms with Gasteiger partial charge in [0.15, 0.2) is 5.76 Å². The molecule has 2 atom stereocenters. The highest BCUT2D eigenvalue weighted by molar-refractivity contribution is 6.00. The maximum atomic E-state index is 11.0. The Morgan fingerprint density at radius 3 is 2.55 bits per heavy atom. The van der Waals surface area contributed by atoms with E-state index in [4.69, 9.17) is 14.9 Å². The molecule has 0 aromatic heterocycles. The minimum atomic E-state index is -1.43. The number of carboxylic acids is 1. The molecule has 0 radical (unpaired) electrons. The van der Waals surface area contributed by atoms with Gasteiger partial charge in [-0.15, -0.1) is 0 Å². The number of ether oxygens (including phenoxy) is 1. The number of nitrogens with one attached hydrogen (secondary N) is 1. The molecule has 0 spiro atoms. The van der Waals surface area contributed by atoms with Crippen LogP contribution in [-0.4, -0.2) is 71.1 Å². The number of aliphatic carboxylic acids is 1. The van der Waals surface area contributed by atoms with Crippen molar-refractivity contribution in [3.05, 3.63) is 11.5 Å². The van der Waals surface area contributed by atoms with E-state index in [1.165, 1.54) is 14.2 Å². The molecule has 1 rings (SSSR count). The van der Waals surface area contributed by atoms with Crippen LogP contribution in [0.3, 0.4) is 0 Å². The van der Waals surface area contributed by atoms with Gasteiger partial charge in [0.2, 0.25) is 0 Å². The molecule has 0 aromatic carbocycles. The first-order valence-corrected chi connectivity index (χ1v) is 6.07. The van der Waals surface area contributed by atoms with E-state index in [1.807, 2.05) is 0 Å². The molecule has 1 aliphatic rings. The quantitative estimate of drug-likeness (QED) is 0.400. The number of carboxylic acid groups (broad SMARTS) is 1. The van der Waals surface area contributed by atoms with Crippen molar-refractivity contribution in [2.75, 3.05) is 27.4 Å². The van der Waals surface area contributed by atoms with Crippen molar-refractivity contribution in [2.45, 2.75) is 24.5 Å². The average molecular weight is 288 g/mol. The average Bonchev–Trinajstić information content (AvgIpc) is 2.43. The highest BCUT2D eigenvalue weighted by Crippen LogP contribution is 2.30. The Hall–Kier alpha value is -1.64. The molecule has 0 aromatic rings. The smallest absolute Gasteiger partial charge is 0.328 e. The summed E-state index contributed by atoms with van der Waals surface area (Å²) in [6, 6.07) is -1.23. The van der Waals surface area contributed by atoms with Gasteiger partial charge in [0, 0.05) is 19.9 Å². The van der Waals surface area contributed by atoms with Gasteiger partial charge in [-0.2, -0.15) is 0 Å². The lowest BCUT2D eigenvalue weighted by Gasteiger charge is -2.34. The standard InChI is InChI=1S/C12H20N2O6/c1-13-7-3-12(19,6-16)4-8(10(7)20-2)14-9(5-15)11(17)18/h9,14-16,19H,3-6H2,1-2H3,(H,17,18)/t9-,12?/m0/s1. The number of hydrogen-bond donors (Lipinski definition) is 5. The van der Waals surface area contributed by atoms with Gasteiger partial charge in [-0.1, -0.05) is 0 Å². The van der Waals surface area contributed by atoms with Crippen LogP contribution in [0.15, 0.2) is 16.4 Å². The summed E-state index contributed by atoms with van der Waals surface area (Å²) in [5, 5.41) is 40.1. The fourth-order valence-corrected chi connectivity index (χ4v) is 2.08. The predicted molar refractivity (Wildman–Crippen MR) is 70.3 cm³/mol. The van der Waals surface area contributed by atoms with Crippen LogP contribution in [-0.2, 0) is 9.53 Å². The number of rotatable bonds is 6. The van der Waals surface area contributed by atoms with Crippen LogP contribution in [0.1, 0.15) is 12.8 Å². The SMILES string of the molecule is CN=C1CC(O)(CO)CC(N[C@@H](CO)C(=O)O)=C1OC. The number of hydrogen-bond acceptors (Lipinski definition) is 7. The Morgan fingerprint density at radius 2 is 2.15 bits per heavy atom. The molecule has 20 heavy (non-hydrogen) atoms. The number of nitrogens with zero attached hydrogens (tertiary/aromatic N) is 1. The minimum absolute atomic E-state index is 0.0184. The highest BCUT2D eigenvalue weighted by Gasteiger charge is 2.38. The molecule has 0 aliphatic heterocycles. The maximum absolute atomic E-state index is 11.0. The molecule has 1 aliphatic carbocycles. The lowest BCUT2D eigenvalue weighted by molar-refractivity contribution is -0.140. The number of allylic oxidation sites excluding steroid dienone is 1. The topological polar surface area (TPSA) is 132 Å². The first kappa shape index (κ1) is 16.4. The van der Waals surface area contributed by atoms with Crippen LogP contribution in [0, 0.1) is 0 Å². The molecule has 8 nitrogen and oxygen atoms in total. The van der Waals surface area contributed by atoms with Crippen molar-refractivity contribution < 1.29 is 30.0 Å². The first-order chi connectivity index (χ1) is 9.40. The monoisotopic (exact) mass is 288 g/mol. The van der Waals surface area contributed by atoms with Gasteiger partial charge >= 0.3 is 5.97 Å². The lowest BCUT2D eigenvalue weighted by Crippen LogP contribution is -2.47. The van der Waals surface area contributed by atoms with Gasteiger partial charge in [-0.05, 0) is 0 Å². The van der Waals surface area contributed by atoms with Crippen molar-refractivity contribution in [3.63, 3.8) is 0 Å². The number of aliphatic hydroxyl groups is 3. The third-order valence-corrected chi connectivity index (χ3v) is 3.14. The van der Waals surface area contributed by atoms with Gasteiger partial charge in [-0.3, -0.25) is 4.99 Å². The maximum Gasteiger partial charge on any atom is 0.328 e. The molecule has 5 N–H and O–H groups in total. The Bertz CT molecular complexity index is 434. The normalized spacial score (nSPS) is 26.6. The van der Waals surface area contributed by atoms with Crippen molar-refractivity contribution in [3.8, 4) is 0 Å². The second-order valence-electron chi connectivity index (χ2n) is 4.64. The van der Waals surface area contributed by atoms with Crippen LogP contribution >= 0.6 is 0 Å². The van der Waals surface area contributed by atoms with E-state index in [0.717, 1.165) is 0 Å². The Balaban J connectivity index is 3.14. The summed E-state index contributed by atoms with van der Waals surface area (Å²) >= 11 is 0. The number of aliphatic hydroxyl groups excluding tert-OH is 2. The van der Waals surface area contributed by atoms with Crippen LogP contribution in [0.25, 0.3) is 0 Å². The summed E-state index contributed by atoms with van der Waals surface area (Å²) in [4.78, 5) is 14.9. The van der Waals surface area contributed by atoms with Crippen LogP contribution < -0.4 is 5.32 Å². The predicted octanol–water partition coefficient (Wildman–Crippen LogP) is -1.53. The van der Waals surface area contributed by atoms with E-state index >= 15 is 0 Å². The molecule has 0 saturated carbocycles. The summed E-state index contributed by atoms with van der Waals surface area (Å²) < 4.78 is 5.19. The highest BCUT2D eigenvalue weighted by atomic mass is 16.5. The van der Waals surface area contributed by atoms with Crippen LogP contribution in [0.2, 0.25) is 0 Å². The minimum Gasteiger partial charge on any atom is -0.493 e. The van der Waals surface area contributed by atoms with Gasteiger partial charge in [0.05, 0.1) is 37.3 Å². The molecule has 0 heterocycles. The summed E-state index contributed by atoms with van der Waals surface area (Å²) in [7, 11) is 2.91. The van der Waals surface area contributed by atoms with Crippen molar-refractivity contribution in [1.29, 1.82) is 0 Å². The van der Waals surface area contributed by atoms with Crippen LogP contribution in [0.5, 0.6) is 0 Å². The van der Waals surface area contributed by atoms with E-state index in [-0.39, 0.29) is 18.5 Å². The third kappa shape index (κ3) is 3.47. The number of methoxy groups -OCH3 is 1. The molecule has 0 saturated heterocycles. The van der Waals surface area contributed by atoms with E-state index in [9.17, 15) is 15.0 Å². The molecule has 114 valence electrons. The second kappa shape index (κ2) is 6.69. The summed E-state index contributed by atoms with van der Waals surface area (Å²) in [6.45, 7) is -1.11. The van der Waals surface area contributed by atoms with E-state index in [2.05, 4.69) is 10.3 Å². The molecule has 0 fully saturated rings. The zero-order chi connectivity index (χ0) is 15.3. The Labute approximate surface area is 116 Å². The Morgan fingerprint density at radius 1 is 1.50 bits per heavy atom. The largest absolute Gasteiger partial charge is 0.493 e. The van der Waals surface area contributed by atoms with Crippen molar-refractivity contribution in [1.82, 2.24) is 5.32 Å². The molecular formula is C12H20N2O6. The zero-order valence-corrected chi connectivity index (χ0v) is 11.5. The molecular weight excluding hydrogens is 268 g/mol. The van der Waals surface area contributed by atoms with E-state index in [1.54, 1.807) is 0 Å². The Kier molecular flexibility index (Phi) is 5.49. The third-order valence-electron chi connectivity index (χ3n) is 3.14. The second-order valence-corrected chi connectivity index (χ2v) is 4.64. The summed E-state index contributed by atoms with van der Waals surface area (Å²) in [6.07, 6.45) is 0.0840. The first-order valence-electron chi connectivity index (χ1n) is 6.07. The summed E-state index contributed by atoms with van der Waals surface area (Å²) in [5.41, 5.74) is -0.727. The summed E-state index contributed by atoms with van der Waals surface area (Å²) in [5.74, 6) is -0.908. The van der Waals surface area contributed by atoms with E-state index < -0.39 is 30.8 Å².